The molecule has 19 heavy (non-hydrogen) atoms. The van der Waals surface area contributed by atoms with Gasteiger partial charge in [0.1, 0.15) is 0 Å². The molecule has 0 saturated heterocycles. The van der Waals surface area contributed by atoms with Crippen LogP contribution in [-0.4, -0.2) is 15.6 Å². The lowest BCUT2D eigenvalue weighted by Crippen LogP contribution is -2.09. The van der Waals surface area contributed by atoms with Gasteiger partial charge in [0.05, 0.1) is 12.1 Å². The first-order valence-electron chi connectivity index (χ1n) is 6.48. The maximum absolute atomic E-state index is 12.3. The Morgan fingerprint density at radius 1 is 1.32 bits per heavy atom. The van der Waals surface area contributed by atoms with Gasteiger partial charge in [-0.05, 0) is 54.1 Å². The summed E-state index contributed by atoms with van der Waals surface area (Å²) < 4.78 is 3.01. The highest BCUT2D eigenvalue weighted by molar-refractivity contribution is 14.1. The normalized spacial score (nSPS) is 10.7. The van der Waals surface area contributed by atoms with E-state index >= 15 is 0 Å². The van der Waals surface area contributed by atoms with E-state index in [1.807, 2.05) is 41.9 Å². The number of nitrogens with zero attached hydrogens (tertiary/aromatic N) is 2. The summed E-state index contributed by atoms with van der Waals surface area (Å²) in [6, 6.07) is 9.75. The molecular weight excluding hydrogens is 351 g/mol. The topological polar surface area (TPSA) is 34.9 Å². The summed E-state index contributed by atoms with van der Waals surface area (Å²) in [4.78, 5) is 12.3. The van der Waals surface area contributed by atoms with Crippen molar-refractivity contribution in [1.29, 1.82) is 0 Å². The number of benzene rings is 1. The van der Waals surface area contributed by atoms with E-state index in [1.54, 1.807) is 0 Å². The number of rotatable bonds is 5. The van der Waals surface area contributed by atoms with Gasteiger partial charge in [0, 0.05) is 21.4 Å². The maximum Gasteiger partial charge on any atom is 0.168 e. The van der Waals surface area contributed by atoms with Crippen LogP contribution in [0, 0.1) is 3.57 Å². The molecule has 0 spiro atoms. The largest absolute Gasteiger partial charge is 0.294 e. The van der Waals surface area contributed by atoms with E-state index in [2.05, 4.69) is 34.6 Å². The fourth-order valence-electron chi connectivity index (χ4n) is 2.03. The quantitative estimate of drug-likeness (QED) is 0.598. The zero-order valence-electron chi connectivity index (χ0n) is 11.2. The lowest BCUT2D eigenvalue weighted by molar-refractivity contribution is 0.0990. The molecule has 1 aromatic heterocycles. The molecule has 3 nitrogen and oxygen atoms in total. The molecule has 0 aliphatic carbocycles. The highest BCUT2D eigenvalue weighted by Gasteiger charge is 2.12. The van der Waals surface area contributed by atoms with Crippen molar-refractivity contribution < 1.29 is 4.79 Å². The summed E-state index contributed by atoms with van der Waals surface area (Å²) in [7, 11) is 0. The fourth-order valence-corrected chi connectivity index (χ4v) is 2.58. The molecule has 4 heteroatoms. The summed E-state index contributed by atoms with van der Waals surface area (Å²) in [6.07, 6.45) is 1.32. The van der Waals surface area contributed by atoms with Crippen LogP contribution in [-0.2, 0) is 19.4 Å². The number of carbonyl (C=O) groups is 1. The van der Waals surface area contributed by atoms with Crippen LogP contribution in [0.2, 0.25) is 0 Å². The van der Waals surface area contributed by atoms with Gasteiger partial charge in [-0.2, -0.15) is 5.10 Å². The number of aromatic nitrogens is 2. The molecule has 2 aromatic rings. The van der Waals surface area contributed by atoms with Crippen LogP contribution < -0.4 is 0 Å². The number of aryl methyl sites for hydroxylation is 2. The van der Waals surface area contributed by atoms with Gasteiger partial charge in [0.2, 0.25) is 0 Å². The van der Waals surface area contributed by atoms with Gasteiger partial charge in [-0.3, -0.25) is 9.48 Å². The Kier molecular flexibility index (Phi) is 4.74. The molecule has 0 aliphatic heterocycles. The molecule has 0 radical (unpaired) electrons. The predicted molar refractivity (Wildman–Crippen MR) is 84.5 cm³/mol. The Morgan fingerprint density at radius 2 is 2.11 bits per heavy atom. The van der Waals surface area contributed by atoms with Crippen LogP contribution in [0.1, 0.15) is 35.6 Å². The van der Waals surface area contributed by atoms with E-state index in [0.717, 1.165) is 33.5 Å². The van der Waals surface area contributed by atoms with E-state index in [-0.39, 0.29) is 5.78 Å². The molecule has 0 atom stereocenters. The van der Waals surface area contributed by atoms with E-state index in [9.17, 15) is 4.79 Å². The number of ketones is 1. The minimum Gasteiger partial charge on any atom is -0.294 e. The van der Waals surface area contributed by atoms with E-state index < -0.39 is 0 Å². The molecule has 1 aromatic carbocycles. The number of hydrogen-bond acceptors (Lipinski definition) is 2. The smallest absolute Gasteiger partial charge is 0.168 e. The summed E-state index contributed by atoms with van der Waals surface area (Å²) in [5, 5.41) is 4.47. The van der Waals surface area contributed by atoms with Crippen LogP contribution in [0.25, 0.3) is 0 Å². The second-order valence-corrected chi connectivity index (χ2v) is 5.65. The zero-order valence-corrected chi connectivity index (χ0v) is 13.3. The molecule has 0 saturated carbocycles. The second kappa shape index (κ2) is 6.32. The SMILES string of the molecule is CCc1cc(CC(=O)c2cccc(I)c2)n(CC)n1. The average molecular weight is 368 g/mol. The number of halogens is 1. The van der Waals surface area contributed by atoms with Gasteiger partial charge in [0.25, 0.3) is 0 Å². The monoisotopic (exact) mass is 368 g/mol. The van der Waals surface area contributed by atoms with Gasteiger partial charge < -0.3 is 0 Å². The van der Waals surface area contributed by atoms with Crippen molar-refractivity contribution in [2.24, 2.45) is 0 Å². The maximum atomic E-state index is 12.3. The molecule has 0 fully saturated rings. The molecule has 0 unspecified atom stereocenters. The van der Waals surface area contributed by atoms with Crippen molar-refractivity contribution in [1.82, 2.24) is 9.78 Å². The fraction of sp³-hybridized carbons (Fsp3) is 0.333. The van der Waals surface area contributed by atoms with Gasteiger partial charge in [-0.15, -0.1) is 0 Å². The summed E-state index contributed by atoms with van der Waals surface area (Å²) in [6.45, 7) is 4.92. The van der Waals surface area contributed by atoms with Crippen molar-refractivity contribution in [2.75, 3.05) is 0 Å². The number of Topliss-reactive ketones (excluding diaryl/α,β-unsaturated/α-hetero) is 1. The van der Waals surface area contributed by atoms with E-state index in [0.29, 0.717) is 6.42 Å². The Balaban J connectivity index is 2.21. The highest BCUT2D eigenvalue weighted by atomic mass is 127. The Bertz CT molecular complexity index is 590. The minimum atomic E-state index is 0.149. The summed E-state index contributed by atoms with van der Waals surface area (Å²) >= 11 is 2.22. The Labute approximate surface area is 127 Å². The third-order valence-corrected chi connectivity index (χ3v) is 3.73. The van der Waals surface area contributed by atoms with Gasteiger partial charge in [0.15, 0.2) is 5.78 Å². The van der Waals surface area contributed by atoms with E-state index in [4.69, 9.17) is 0 Å². The molecular formula is C15H17IN2O. The van der Waals surface area contributed by atoms with Gasteiger partial charge in [-0.1, -0.05) is 19.1 Å². The van der Waals surface area contributed by atoms with Crippen molar-refractivity contribution in [3.05, 3.63) is 50.9 Å². The van der Waals surface area contributed by atoms with Crippen LogP contribution in [0.3, 0.4) is 0 Å². The van der Waals surface area contributed by atoms with Crippen molar-refractivity contribution in [3.63, 3.8) is 0 Å². The predicted octanol–water partition coefficient (Wildman–Crippen LogP) is 3.50. The summed E-state index contributed by atoms with van der Waals surface area (Å²) in [5.41, 5.74) is 2.82. The Morgan fingerprint density at radius 3 is 2.74 bits per heavy atom. The molecule has 1 heterocycles. The molecule has 0 amide bonds. The Hall–Kier alpha value is -1.17. The lowest BCUT2D eigenvalue weighted by atomic mass is 10.1. The molecule has 0 bridgehead atoms. The molecule has 2 rings (SSSR count). The first-order valence-corrected chi connectivity index (χ1v) is 7.56. The molecule has 0 N–H and O–H groups in total. The van der Waals surface area contributed by atoms with Gasteiger partial charge in [-0.25, -0.2) is 0 Å². The van der Waals surface area contributed by atoms with Crippen LogP contribution in [0.5, 0.6) is 0 Å². The van der Waals surface area contributed by atoms with Crippen molar-refractivity contribution in [2.45, 2.75) is 33.2 Å². The first kappa shape index (κ1) is 14.2. The average Bonchev–Trinajstić information content (AvgIpc) is 2.81. The summed E-state index contributed by atoms with van der Waals surface area (Å²) in [5.74, 6) is 0.149. The standard InChI is InChI=1S/C15H17IN2O/c1-3-13-9-14(18(4-2)17-13)10-15(19)11-6-5-7-12(16)8-11/h5-9H,3-4,10H2,1-2H3. The van der Waals surface area contributed by atoms with Crippen LogP contribution >= 0.6 is 22.6 Å². The molecule has 0 aliphatic rings. The number of carbonyl (C=O) groups excluding carboxylic acids is 1. The van der Waals surface area contributed by atoms with Gasteiger partial charge >= 0.3 is 0 Å². The van der Waals surface area contributed by atoms with Crippen LogP contribution in [0.15, 0.2) is 30.3 Å². The third-order valence-electron chi connectivity index (χ3n) is 3.06. The number of hydrogen-bond donors (Lipinski definition) is 0. The van der Waals surface area contributed by atoms with Crippen molar-refractivity contribution in [3.8, 4) is 0 Å². The first-order chi connectivity index (χ1) is 9.13. The highest BCUT2D eigenvalue weighted by Crippen LogP contribution is 2.13. The second-order valence-electron chi connectivity index (χ2n) is 4.41. The molecule has 100 valence electrons. The van der Waals surface area contributed by atoms with E-state index in [1.165, 1.54) is 0 Å². The zero-order chi connectivity index (χ0) is 13.8. The van der Waals surface area contributed by atoms with Crippen molar-refractivity contribution >= 4 is 28.4 Å². The lowest BCUT2D eigenvalue weighted by Gasteiger charge is -2.04. The third kappa shape index (κ3) is 3.43. The van der Waals surface area contributed by atoms with Crippen LogP contribution in [0.4, 0.5) is 0 Å². The minimum absolute atomic E-state index is 0.149.